The van der Waals surface area contributed by atoms with Crippen molar-refractivity contribution >= 4 is 33.2 Å². The van der Waals surface area contributed by atoms with Gasteiger partial charge in [0.1, 0.15) is 6.54 Å². The molecule has 0 amide bonds. The van der Waals surface area contributed by atoms with Crippen LogP contribution in [0.5, 0.6) is 0 Å². The van der Waals surface area contributed by atoms with Gasteiger partial charge in [0.15, 0.2) is 0 Å². The van der Waals surface area contributed by atoms with Gasteiger partial charge in [0.05, 0.1) is 21.7 Å². The van der Waals surface area contributed by atoms with Crippen molar-refractivity contribution < 1.29 is 14.5 Å². The van der Waals surface area contributed by atoms with Crippen molar-refractivity contribution in [1.82, 2.24) is 4.57 Å². The summed E-state index contributed by atoms with van der Waals surface area (Å²) in [6, 6.07) is 4.13. The molecule has 8 heteroatoms. The molecule has 0 unspecified atom stereocenters. The van der Waals surface area contributed by atoms with Gasteiger partial charge in [0.25, 0.3) is 5.69 Å². The van der Waals surface area contributed by atoms with E-state index >= 15 is 0 Å². The van der Waals surface area contributed by atoms with E-state index in [1.54, 1.807) is 0 Å². The molecule has 118 valence electrons. The Bertz CT molecular complexity index is 762. The fourth-order valence-electron chi connectivity index (χ4n) is 1.90. The summed E-state index contributed by atoms with van der Waals surface area (Å²) in [5.74, 6) is -0.0566. The van der Waals surface area contributed by atoms with Gasteiger partial charge >= 0.3 is 10.8 Å². The lowest BCUT2D eigenvalue weighted by Crippen LogP contribution is -2.21. The number of nitro groups is 1. The number of hydrogen-bond acceptors (Lipinski definition) is 6. The summed E-state index contributed by atoms with van der Waals surface area (Å²) in [5, 5.41) is 10.7. The SMILES string of the molecule is CC(C)CCOC(=O)Cn1c(=O)sc2cc([N+](=O)[O-])ccc21. The van der Waals surface area contributed by atoms with Crippen LogP contribution in [0.15, 0.2) is 23.0 Å². The van der Waals surface area contributed by atoms with Crippen molar-refractivity contribution in [3.8, 4) is 0 Å². The first-order chi connectivity index (χ1) is 10.4. The highest BCUT2D eigenvalue weighted by Gasteiger charge is 2.15. The van der Waals surface area contributed by atoms with Crippen LogP contribution in [0.4, 0.5) is 5.69 Å². The molecule has 0 aliphatic carbocycles. The minimum atomic E-state index is -0.520. The van der Waals surface area contributed by atoms with E-state index < -0.39 is 10.9 Å². The Morgan fingerprint density at radius 2 is 2.18 bits per heavy atom. The topological polar surface area (TPSA) is 91.4 Å². The number of aromatic nitrogens is 1. The van der Waals surface area contributed by atoms with Gasteiger partial charge in [0, 0.05) is 12.1 Å². The Labute approximate surface area is 130 Å². The standard InChI is InChI=1S/C14H16N2O5S/c1-9(2)5-6-21-13(17)8-15-11-4-3-10(16(19)20)7-12(11)22-14(15)18/h3-4,7,9H,5-6,8H2,1-2H3. The predicted molar refractivity (Wildman–Crippen MR) is 83.2 cm³/mol. The molecule has 0 saturated heterocycles. The number of thiazole rings is 1. The number of fused-ring (bicyclic) bond motifs is 1. The summed E-state index contributed by atoms with van der Waals surface area (Å²) < 4.78 is 6.85. The third kappa shape index (κ3) is 3.70. The summed E-state index contributed by atoms with van der Waals surface area (Å²) in [5.41, 5.74) is 0.418. The van der Waals surface area contributed by atoms with E-state index in [-0.39, 0.29) is 17.1 Å². The van der Waals surface area contributed by atoms with Crippen LogP contribution in [-0.4, -0.2) is 22.1 Å². The number of carbonyl (C=O) groups is 1. The number of hydrogen-bond donors (Lipinski definition) is 0. The molecule has 0 fully saturated rings. The Balaban J connectivity index is 2.17. The Morgan fingerprint density at radius 1 is 1.45 bits per heavy atom. The quantitative estimate of drug-likeness (QED) is 0.462. The van der Waals surface area contributed by atoms with Crippen LogP contribution in [0.2, 0.25) is 0 Å². The average Bonchev–Trinajstić information content (AvgIpc) is 2.73. The predicted octanol–water partition coefficient (Wildman–Crippen LogP) is 2.56. The molecule has 1 aromatic heterocycles. The van der Waals surface area contributed by atoms with Crippen LogP contribution in [-0.2, 0) is 16.1 Å². The number of rotatable bonds is 6. The van der Waals surface area contributed by atoms with E-state index in [0.29, 0.717) is 22.7 Å². The molecule has 0 aliphatic rings. The fraction of sp³-hybridized carbons (Fsp3) is 0.429. The summed E-state index contributed by atoms with van der Waals surface area (Å²) in [7, 11) is 0. The lowest BCUT2D eigenvalue weighted by atomic mass is 10.1. The van der Waals surface area contributed by atoms with Crippen molar-refractivity contribution in [3.63, 3.8) is 0 Å². The van der Waals surface area contributed by atoms with Gasteiger partial charge in [-0.05, 0) is 18.4 Å². The molecule has 0 atom stereocenters. The highest BCUT2D eigenvalue weighted by Crippen LogP contribution is 2.23. The Morgan fingerprint density at radius 3 is 2.82 bits per heavy atom. The lowest BCUT2D eigenvalue weighted by molar-refractivity contribution is -0.384. The highest BCUT2D eigenvalue weighted by atomic mass is 32.1. The molecule has 2 rings (SSSR count). The largest absolute Gasteiger partial charge is 0.464 e. The van der Waals surface area contributed by atoms with Crippen molar-refractivity contribution in [2.45, 2.75) is 26.8 Å². The van der Waals surface area contributed by atoms with E-state index in [4.69, 9.17) is 4.74 Å². The molecule has 1 heterocycles. The van der Waals surface area contributed by atoms with Gasteiger partial charge in [-0.2, -0.15) is 0 Å². The van der Waals surface area contributed by atoms with Crippen molar-refractivity contribution in [2.24, 2.45) is 5.92 Å². The van der Waals surface area contributed by atoms with Crippen LogP contribution < -0.4 is 4.87 Å². The molecule has 0 spiro atoms. The maximum atomic E-state index is 11.9. The number of esters is 1. The molecule has 22 heavy (non-hydrogen) atoms. The fourth-order valence-corrected chi connectivity index (χ4v) is 2.83. The second-order valence-electron chi connectivity index (χ2n) is 5.27. The first kappa shape index (κ1) is 16.2. The smallest absolute Gasteiger partial charge is 0.326 e. The van der Waals surface area contributed by atoms with E-state index in [1.807, 2.05) is 13.8 Å². The number of nitro benzene ring substituents is 1. The van der Waals surface area contributed by atoms with E-state index in [2.05, 4.69) is 0 Å². The van der Waals surface area contributed by atoms with Gasteiger partial charge in [-0.1, -0.05) is 25.2 Å². The third-order valence-corrected chi connectivity index (χ3v) is 4.05. The molecule has 0 saturated carbocycles. The third-order valence-electron chi connectivity index (χ3n) is 3.11. The maximum Gasteiger partial charge on any atom is 0.326 e. The minimum Gasteiger partial charge on any atom is -0.464 e. The van der Waals surface area contributed by atoms with Gasteiger partial charge < -0.3 is 4.74 Å². The number of nitrogens with zero attached hydrogens (tertiary/aromatic N) is 2. The van der Waals surface area contributed by atoms with Crippen LogP contribution >= 0.6 is 11.3 Å². The van der Waals surface area contributed by atoms with Crippen molar-refractivity contribution in [3.05, 3.63) is 38.0 Å². The van der Waals surface area contributed by atoms with Crippen LogP contribution in [0, 0.1) is 16.0 Å². The molecule has 2 aromatic rings. The molecular formula is C14H16N2O5S. The number of benzene rings is 1. The maximum absolute atomic E-state index is 11.9. The van der Waals surface area contributed by atoms with Crippen LogP contribution in [0.3, 0.4) is 0 Å². The van der Waals surface area contributed by atoms with E-state index in [9.17, 15) is 19.7 Å². The summed E-state index contributed by atoms with van der Waals surface area (Å²) in [4.78, 5) is 33.6. The Kier molecular flexibility index (Phi) is 4.92. The summed E-state index contributed by atoms with van der Waals surface area (Å²) in [6.45, 7) is 4.18. The molecule has 0 bridgehead atoms. The lowest BCUT2D eigenvalue weighted by Gasteiger charge is -2.07. The normalized spacial score (nSPS) is 11.0. The molecular weight excluding hydrogens is 308 g/mol. The minimum absolute atomic E-state index is 0.0830. The number of carbonyl (C=O) groups excluding carboxylic acids is 1. The molecule has 0 N–H and O–H groups in total. The van der Waals surface area contributed by atoms with Gasteiger partial charge in [0.2, 0.25) is 0 Å². The molecule has 1 aromatic carbocycles. The Hall–Kier alpha value is -2.22. The average molecular weight is 324 g/mol. The first-order valence-electron chi connectivity index (χ1n) is 6.82. The van der Waals surface area contributed by atoms with E-state index in [1.165, 1.54) is 22.8 Å². The van der Waals surface area contributed by atoms with Gasteiger partial charge in [-0.25, -0.2) is 0 Å². The van der Waals surface area contributed by atoms with E-state index in [0.717, 1.165) is 17.8 Å². The zero-order valence-corrected chi connectivity index (χ0v) is 13.1. The first-order valence-corrected chi connectivity index (χ1v) is 7.63. The number of ether oxygens (including phenoxy) is 1. The van der Waals surface area contributed by atoms with Crippen LogP contribution in [0.1, 0.15) is 20.3 Å². The van der Waals surface area contributed by atoms with Crippen LogP contribution in [0.25, 0.3) is 10.2 Å². The summed E-state index contributed by atoms with van der Waals surface area (Å²) >= 11 is 0.876. The molecule has 0 aliphatic heterocycles. The molecule has 7 nitrogen and oxygen atoms in total. The zero-order chi connectivity index (χ0) is 16.3. The monoisotopic (exact) mass is 324 g/mol. The molecule has 0 radical (unpaired) electrons. The second-order valence-corrected chi connectivity index (χ2v) is 6.26. The second kappa shape index (κ2) is 6.69. The summed E-state index contributed by atoms with van der Waals surface area (Å²) in [6.07, 6.45) is 0.761. The number of non-ortho nitro benzene ring substituents is 1. The van der Waals surface area contributed by atoms with Gasteiger partial charge in [-0.15, -0.1) is 0 Å². The van der Waals surface area contributed by atoms with Gasteiger partial charge in [-0.3, -0.25) is 24.3 Å². The van der Waals surface area contributed by atoms with Crippen molar-refractivity contribution in [2.75, 3.05) is 6.61 Å². The van der Waals surface area contributed by atoms with Crippen molar-refractivity contribution in [1.29, 1.82) is 0 Å². The zero-order valence-electron chi connectivity index (χ0n) is 12.3. The highest BCUT2D eigenvalue weighted by molar-refractivity contribution is 7.16.